The van der Waals surface area contributed by atoms with Crippen LogP contribution in [0.25, 0.3) is 11.2 Å². The van der Waals surface area contributed by atoms with Crippen molar-refractivity contribution in [2.75, 3.05) is 25.1 Å². The minimum Gasteiger partial charge on any atom is -0.377 e. The van der Waals surface area contributed by atoms with Crippen molar-refractivity contribution in [3.63, 3.8) is 0 Å². The zero-order chi connectivity index (χ0) is 17.2. The van der Waals surface area contributed by atoms with Gasteiger partial charge in [0, 0.05) is 44.5 Å². The second-order valence-electron chi connectivity index (χ2n) is 6.27. The summed E-state index contributed by atoms with van der Waals surface area (Å²) in [5.74, 6) is 1.20. The number of anilines is 1. The zero-order valence-electron chi connectivity index (χ0n) is 14.0. The van der Waals surface area contributed by atoms with Gasteiger partial charge in [0.15, 0.2) is 11.5 Å². The first-order chi connectivity index (χ1) is 12.2. The molecular formula is C16H20N6O2S. The summed E-state index contributed by atoms with van der Waals surface area (Å²) >= 11 is 1.42. The Balaban J connectivity index is 1.41. The van der Waals surface area contributed by atoms with E-state index in [-0.39, 0.29) is 5.69 Å². The van der Waals surface area contributed by atoms with Gasteiger partial charge < -0.3 is 14.6 Å². The van der Waals surface area contributed by atoms with Crippen LogP contribution in [-0.2, 0) is 17.9 Å². The van der Waals surface area contributed by atoms with Gasteiger partial charge in [-0.15, -0.1) is 0 Å². The number of hydrogen-bond acceptors (Lipinski definition) is 7. The SMILES string of the molecule is COCc1nsc(N2CCC(Cn3c(=O)[nH]c4cccnc43)CC2)n1. The maximum atomic E-state index is 12.2. The highest BCUT2D eigenvalue weighted by atomic mass is 32.1. The lowest BCUT2D eigenvalue weighted by atomic mass is 9.97. The Kier molecular flexibility index (Phi) is 4.50. The smallest absolute Gasteiger partial charge is 0.327 e. The van der Waals surface area contributed by atoms with Crippen molar-refractivity contribution in [3.05, 3.63) is 34.6 Å². The van der Waals surface area contributed by atoms with Gasteiger partial charge >= 0.3 is 5.69 Å². The Morgan fingerprint density at radius 1 is 1.40 bits per heavy atom. The van der Waals surface area contributed by atoms with Crippen molar-refractivity contribution < 1.29 is 4.74 Å². The number of rotatable bonds is 5. The zero-order valence-corrected chi connectivity index (χ0v) is 14.8. The molecular weight excluding hydrogens is 340 g/mol. The van der Waals surface area contributed by atoms with Gasteiger partial charge in [-0.05, 0) is 30.9 Å². The first-order valence-corrected chi connectivity index (χ1v) is 9.12. The molecule has 1 saturated heterocycles. The van der Waals surface area contributed by atoms with E-state index in [1.54, 1.807) is 17.9 Å². The third-order valence-electron chi connectivity index (χ3n) is 4.59. The fraction of sp³-hybridized carbons (Fsp3) is 0.500. The Morgan fingerprint density at radius 3 is 3.04 bits per heavy atom. The van der Waals surface area contributed by atoms with Crippen molar-refractivity contribution in [3.8, 4) is 0 Å². The second kappa shape index (κ2) is 6.93. The van der Waals surface area contributed by atoms with Crippen LogP contribution in [0.5, 0.6) is 0 Å². The Labute approximate surface area is 148 Å². The molecule has 8 nitrogen and oxygen atoms in total. The lowest BCUT2D eigenvalue weighted by Gasteiger charge is -2.31. The number of H-pyrrole nitrogens is 1. The normalized spacial score (nSPS) is 16.0. The third kappa shape index (κ3) is 3.29. The summed E-state index contributed by atoms with van der Waals surface area (Å²) in [6.45, 7) is 3.01. The highest BCUT2D eigenvalue weighted by Gasteiger charge is 2.23. The molecule has 0 spiro atoms. The molecule has 0 amide bonds. The largest absolute Gasteiger partial charge is 0.377 e. The van der Waals surface area contributed by atoms with Crippen LogP contribution in [0.1, 0.15) is 18.7 Å². The molecule has 1 N–H and O–H groups in total. The Morgan fingerprint density at radius 2 is 2.24 bits per heavy atom. The van der Waals surface area contributed by atoms with Gasteiger partial charge in [0.2, 0.25) is 5.13 Å². The molecule has 0 aliphatic carbocycles. The van der Waals surface area contributed by atoms with E-state index in [0.717, 1.165) is 48.1 Å². The van der Waals surface area contributed by atoms with Crippen LogP contribution in [0.2, 0.25) is 0 Å². The number of imidazole rings is 1. The molecule has 4 rings (SSSR count). The maximum absolute atomic E-state index is 12.2. The molecule has 9 heteroatoms. The van der Waals surface area contributed by atoms with Gasteiger partial charge in [-0.25, -0.2) is 14.8 Å². The van der Waals surface area contributed by atoms with Crippen LogP contribution in [0.15, 0.2) is 23.1 Å². The van der Waals surface area contributed by atoms with E-state index >= 15 is 0 Å². The van der Waals surface area contributed by atoms with E-state index in [1.165, 1.54) is 11.5 Å². The molecule has 1 aliphatic rings. The predicted octanol–water partition coefficient (Wildman–Crippen LogP) is 1.64. The third-order valence-corrected chi connectivity index (χ3v) is 5.40. The topological polar surface area (TPSA) is 88.9 Å². The molecule has 3 aromatic heterocycles. The fourth-order valence-corrected chi connectivity index (χ4v) is 4.01. The molecule has 3 aromatic rings. The van der Waals surface area contributed by atoms with E-state index in [1.807, 2.05) is 12.1 Å². The lowest BCUT2D eigenvalue weighted by Crippen LogP contribution is -2.36. The van der Waals surface area contributed by atoms with E-state index in [2.05, 4.69) is 24.2 Å². The van der Waals surface area contributed by atoms with Crippen LogP contribution in [0.3, 0.4) is 0 Å². The van der Waals surface area contributed by atoms with Crippen LogP contribution < -0.4 is 10.6 Å². The fourth-order valence-electron chi connectivity index (χ4n) is 3.28. The number of nitrogens with zero attached hydrogens (tertiary/aromatic N) is 5. The molecule has 4 heterocycles. The number of aromatic amines is 1. The number of fused-ring (bicyclic) bond motifs is 1. The van der Waals surface area contributed by atoms with E-state index < -0.39 is 0 Å². The summed E-state index contributed by atoms with van der Waals surface area (Å²) in [5, 5.41) is 0.955. The number of nitrogens with one attached hydrogen (secondary N) is 1. The average Bonchev–Trinajstić information content (AvgIpc) is 3.21. The summed E-state index contributed by atoms with van der Waals surface area (Å²) < 4.78 is 11.1. The van der Waals surface area contributed by atoms with Crippen LogP contribution >= 0.6 is 11.5 Å². The monoisotopic (exact) mass is 360 g/mol. The van der Waals surface area contributed by atoms with Crippen molar-refractivity contribution >= 4 is 27.8 Å². The molecule has 0 bridgehead atoms. The van der Waals surface area contributed by atoms with Gasteiger partial charge in [-0.2, -0.15) is 4.37 Å². The van der Waals surface area contributed by atoms with Gasteiger partial charge in [0.05, 0.1) is 5.52 Å². The highest BCUT2D eigenvalue weighted by Crippen LogP contribution is 2.26. The molecule has 132 valence electrons. The number of ether oxygens (including phenoxy) is 1. The standard InChI is InChI=1S/C16H20N6O2S/c1-24-10-13-19-16(25-20-13)21-7-4-11(5-8-21)9-22-14-12(18-15(22)23)3-2-6-17-14/h2-3,6,11H,4-5,7-10H2,1H3,(H,18,23). The van der Waals surface area contributed by atoms with Crippen molar-refractivity contribution in [1.82, 2.24) is 23.9 Å². The molecule has 0 unspecified atom stereocenters. The summed E-state index contributed by atoms with van der Waals surface area (Å²) in [7, 11) is 1.65. The number of hydrogen-bond donors (Lipinski definition) is 1. The van der Waals surface area contributed by atoms with Crippen LogP contribution in [0.4, 0.5) is 5.13 Å². The van der Waals surface area contributed by atoms with Crippen molar-refractivity contribution in [2.45, 2.75) is 26.0 Å². The number of pyridine rings is 1. The minimum absolute atomic E-state index is 0.0792. The second-order valence-corrected chi connectivity index (χ2v) is 7.00. The Bertz CT molecular complexity index is 909. The molecule has 0 radical (unpaired) electrons. The van der Waals surface area contributed by atoms with E-state index in [9.17, 15) is 4.79 Å². The first kappa shape index (κ1) is 16.2. The molecule has 0 aromatic carbocycles. The number of aromatic nitrogens is 5. The van der Waals surface area contributed by atoms with Crippen molar-refractivity contribution in [1.29, 1.82) is 0 Å². The predicted molar refractivity (Wildman–Crippen MR) is 95.9 cm³/mol. The lowest BCUT2D eigenvalue weighted by molar-refractivity contribution is 0.179. The Hall–Kier alpha value is -2.26. The minimum atomic E-state index is -0.0792. The summed E-state index contributed by atoms with van der Waals surface area (Å²) in [4.78, 5) is 26.2. The summed E-state index contributed by atoms with van der Waals surface area (Å²) in [6, 6.07) is 3.72. The maximum Gasteiger partial charge on any atom is 0.327 e. The van der Waals surface area contributed by atoms with Gasteiger partial charge in [-0.1, -0.05) is 0 Å². The molecule has 1 aliphatic heterocycles. The first-order valence-electron chi connectivity index (χ1n) is 8.34. The van der Waals surface area contributed by atoms with E-state index in [0.29, 0.717) is 19.1 Å². The molecule has 0 saturated carbocycles. The highest BCUT2D eigenvalue weighted by molar-refractivity contribution is 7.09. The molecule has 1 fully saturated rings. The van der Waals surface area contributed by atoms with Crippen LogP contribution in [-0.4, -0.2) is 44.1 Å². The molecule has 25 heavy (non-hydrogen) atoms. The molecule has 0 atom stereocenters. The number of piperidine rings is 1. The van der Waals surface area contributed by atoms with E-state index in [4.69, 9.17) is 4.74 Å². The number of methoxy groups -OCH3 is 1. The van der Waals surface area contributed by atoms with Crippen LogP contribution in [0, 0.1) is 5.92 Å². The van der Waals surface area contributed by atoms with Crippen molar-refractivity contribution in [2.24, 2.45) is 5.92 Å². The average molecular weight is 360 g/mol. The van der Waals surface area contributed by atoms with Gasteiger partial charge in [0.25, 0.3) is 0 Å². The summed E-state index contributed by atoms with van der Waals surface area (Å²) in [6.07, 6.45) is 3.76. The summed E-state index contributed by atoms with van der Waals surface area (Å²) in [5.41, 5.74) is 1.46. The van der Waals surface area contributed by atoms with Gasteiger partial charge in [0.1, 0.15) is 6.61 Å². The van der Waals surface area contributed by atoms with Gasteiger partial charge in [-0.3, -0.25) is 4.57 Å². The quantitative estimate of drug-likeness (QED) is 0.744.